The lowest BCUT2D eigenvalue weighted by molar-refractivity contribution is -0.130. The highest BCUT2D eigenvalue weighted by atomic mass is 16.2. The molecule has 0 spiro atoms. The van der Waals surface area contributed by atoms with Crippen LogP contribution in [0.15, 0.2) is 48.8 Å². The quantitative estimate of drug-likeness (QED) is 0.808. The molecule has 7 rings (SSSR count). The molecule has 3 atom stereocenters. The van der Waals surface area contributed by atoms with Gasteiger partial charge in [-0.2, -0.15) is 5.26 Å². The highest BCUT2D eigenvalue weighted by Gasteiger charge is 2.61. The fourth-order valence-electron chi connectivity index (χ4n) is 7.49. The number of nitriles is 1. The van der Waals surface area contributed by atoms with Gasteiger partial charge in [-0.1, -0.05) is 12.1 Å². The third-order valence-corrected chi connectivity index (χ3v) is 8.72. The summed E-state index contributed by atoms with van der Waals surface area (Å²) in [6.45, 7) is 1.13. The first-order chi connectivity index (χ1) is 15.2. The molecule has 4 bridgehead atoms. The monoisotopic (exact) mass is 414 g/mol. The molecule has 31 heavy (non-hydrogen) atoms. The molecule has 160 valence electrons. The van der Waals surface area contributed by atoms with Gasteiger partial charge in [-0.25, -0.2) is 0 Å². The summed E-state index contributed by atoms with van der Waals surface area (Å²) >= 11 is 0. The summed E-state index contributed by atoms with van der Waals surface area (Å²) < 4.78 is 2.16. The number of carbonyl (C=O) groups excluding carboxylic acids is 1. The lowest BCUT2D eigenvalue weighted by atomic mass is 9.68. The number of rotatable bonds is 5. The molecule has 5 heteroatoms. The third-order valence-electron chi connectivity index (χ3n) is 8.72. The number of nitrogens with zero attached hydrogens (tertiary/aromatic N) is 3. The summed E-state index contributed by atoms with van der Waals surface area (Å²) in [6, 6.07) is 15.4. The molecule has 0 radical (unpaired) electrons. The Labute approximate surface area is 184 Å². The molecule has 1 amide bonds. The van der Waals surface area contributed by atoms with E-state index in [9.17, 15) is 10.1 Å². The number of aromatic nitrogens is 1. The standard InChI is InChI=1S/C26H30N4O/c27-16-23-4-3-11-30(23)24(31)17-28-26-14-19-12-21(26)13-20(15-26)25(19)18-5-7-22(8-6-18)29-9-1-2-10-29/h1-2,5-10,19-21,23,25,28H,3-4,11-15,17H2/t19?,20?,21?,23-,25?,26?/m0/s1. The fourth-order valence-corrected chi connectivity index (χ4v) is 7.49. The predicted octanol–water partition coefficient (Wildman–Crippen LogP) is 3.85. The Morgan fingerprint density at radius 1 is 1.13 bits per heavy atom. The van der Waals surface area contributed by atoms with E-state index in [-0.39, 0.29) is 17.5 Å². The van der Waals surface area contributed by atoms with Crippen molar-refractivity contribution >= 4 is 5.91 Å². The van der Waals surface area contributed by atoms with E-state index in [1.54, 1.807) is 4.90 Å². The van der Waals surface area contributed by atoms with Gasteiger partial charge >= 0.3 is 0 Å². The number of hydrogen-bond acceptors (Lipinski definition) is 3. The van der Waals surface area contributed by atoms with E-state index in [4.69, 9.17) is 0 Å². The van der Waals surface area contributed by atoms with Gasteiger partial charge in [-0.05, 0) is 92.0 Å². The molecule has 1 saturated heterocycles. The number of nitrogens with one attached hydrogen (secondary N) is 1. The van der Waals surface area contributed by atoms with Crippen molar-refractivity contribution in [1.29, 1.82) is 5.26 Å². The first-order valence-electron chi connectivity index (χ1n) is 11.8. The predicted molar refractivity (Wildman–Crippen MR) is 119 cm³/mol. The molecular weight excluding hydrogens is 384 g/mol. The molecule has 4 aliphatic carbocycles. The van der Waals surface area contributed by atoms with Crippen molar-refractivity contribution < 1.29 is 4.79 Å². The highest BCUT2D eigenvalue weighted by Crippen LogP contribution is 2.65. The summed E-state index contributed by atoms with van der Waals surface area (Å²) in [5.41, 5.74) is 2.86. The molecule has 2 unspecified atom stereocenters. The van der Waals surface area contributed by atoms with Gasteiger partial charge in [-0.15, -0.1) is 0 Å². The molecular formula is C26H30N4O. The average molecular weight is 415 g/mol. The number of hydrogen-bond donors (Lipinski definition) is 1. The first-order valence-corrected chi connectivity index (χ1v) is 11.8. The average Bonchev–Trinajstić information content (AvgIpc) is 3.56. The van der Waals surface area contributed by atoms with E-state index in [0.29, 0.717) is 18.4 Å². The Balaban J connectivity index is 1.14. The van der Waals surface area contributed by atoms with Crippen LogP contribution in [0.3, 0.4) is 0 Å². The Morgan fingerprint density at radius 3 is 2.52 bits per heavy atom. The largest absolute Gasteiger partial charge is 0.326 e. The van der Waals surface area contributed by atoms with E-state index in [1.807, 2.05) is 0 Å². The van der Waals surface area contributed by atoms with Crippen LogP contribution >= 0.6 is 0 Å². The molecule has 4 saturated carbocycles. The number of amides is 1. The van der Waals surface area contributed by atoms with E-state index in [1.165, 1.54) is 36.9 Å². The summed E-state index contributed by atoms with van der Waals surface area (Å²) in [6.07, 6.45) is 10.9. The Kier molecular flexibility index (Phi) is 4.47. The van der Waals surface area contributed by atoms with E-state index in [0.717, 1.165) is 31.2 Å². The minimum Gasteiger partial charge on any atom is -0.326 e. The van der Waals surface area contributed by atoms with Crippen molar-refractivity contribution in [2.75, 3.05) is 13.1 Å². The number of benzene rings is 1. The second-order valence-electron chi connectivity index (χ2n) is 10.2. The molecule has 1 N–H and O–H groups in total. The van der Waals surface area contributed by atoms with Crippen LogP contribution in [0.25, 0.3) is 5.69 Å². The molecule has 5 nitrogen and oxygen atoms in total. The van der Waals surface area contributed by atoms with Crippen LogP contribution < -0.4 is 5.32 Å². The molecule has 1 aliphatic heterocycles. The van der Waals surface area contributed by atoms with Crippen molar-refractivity contribution in [3.8, 4) is 11.8 Å². The zero-order valence-corrected chi connectivity index (χ0v) is 17.9. The number of carbonyl (C=O) groups is 1. The van der Waals surface area contributed by atoms with Crippen molar-refractivity contribution in [2.24, 2.45) is 17.8 Å². The Hall–Kier alpha value is -2.58. The SMILES string of the molecule is N#C[C@@H]1CCCN1C(=O)CNC12CC3CC1CC(C2)C3c1ccc(-n2cccc2)cc1. The van der Waals surface area contributed by atoms with Gasteiger partial charge in [0, 0.05) is 30.2 Å². The van der Waals surface area contributed by atoms with Crippen LogP contribution in [0, 0.1) is 29.1 Å². The minimum atomic E-state index is -0.220. The maximum atomic E-state index is 12.8. The summed E-state index contributed by atoms with van der Waals surface area (Å²) in [5.74, 6) is 2.91. The topological polar surface area (TPSA) is 61.1 Å². The zero-order chi connectivity index (χ0) is 21.0. The molecule has 1 aromatic carbocycles. The summed E-state index contributed by atoms with van der Waals surface area (Å²) in [5, 5.41) is 13.0. The number of likely N-dealkylation sites (tertiary alicyclic amines) is 1. The summed E-state index contributed by atoms with van der Waals surface area (Å²) in [7, 11) is 0. The summed E-state index contributed by atoms with van der Waals surface area (Å²) in [4.78, 5) is 14.6. The van der Waals surface area contributed by atoms with Gasteiger partial charge in [0.15, 0.2) is 0 Å². The van der Waals surface area contributed by atoms with Crippen LogP contribution in [0.5, 0.6) is 0 Å². The van der Waals surface area contributed by atoms with Crippen molar-refractivity contribution in [3.63, 3.8) is 0 Å². The van der Waals surface area contributed by atoms with Crippen molar-refractivity contribution in [3.05, 3.63) is 54.4 Å². The first kappa shape index (κ1) is 19.1. The molecule has 2 aromatic rings. The van der Waals surface area contributed by atoms with E-state index in [2.05, 4.69) is 64.7 Å². The maximum Gasteiger partial charge on any atom is 0.237 e. The van der Waals surface area contributed by atoms with Crippen LogP contribution in [-0.4, -0.2) is 40.0 Å². The minimum absolute atomic E-state index is 0.113. The van der Waals surface area contributed by atoms with Crippen molar-refractivity contribution in [2.45, 2.75) is 56.0 Å². The molecule has 2 heterocycles. The van der Waals surface area contributed by atoms with E-state index >= 15 is 0 Å². The second-order valence-corrected chi connectivity index (χ2v) is 10.2. The van der Waals surface area contributed by atoms with Crippen LogP contribution in [-0.2, 0) is 4.79 Å². The fraction of sp³-hybridized carbons (Fsp3) is 0.538. The second kappa shape index (κ2) is 7.24. The van der Waals surface area contributed by atoms with Gasteiger partial charge in [-0.3, -0.25) is 4.79 Å². The highest BCUT2D eigenvalue weighted by molar-refractivity contribution is 5.79. The van der Waals surface area contributed by atoms with E-state index < -0.39 is 0 Å². The lowest BCUT2D eigenvalue weighted by Gasteiger charge is -2.39. The van der Waals surface area contributed by atoms with Crippen LogP contribution in [0.1, 0.15) is 50.0 Å². The molecule has 1 aromatic heterocycles. The van der Waals surface area contributed by atoms with Gasteiger partial charge in [0.25, 0.3) is 0 Å². The zero-order valence-electron chi connectivity index (χ0n) is 17.9. The lowest BCUT2D eigenvalue weighted by Crippen LogP contribution is -2.51. The van der Waals surface area contributed by atoms with Gasteiger partial charge in [0.05, 0.1) is 12.6 Å². The van der Waals surface area contributed by atoms with Crippen LogP contribution in [0.2, 0.25) is 0 Å². The molecule has 5 fully saturated rings. The normalized spacial score (nSPS) is 35.6. The van der Waals surface area contributed by atoms with Gasteiger partial charge in [0.1, 0.15) is 6.04 Å². The van der Waals surface area contributed by atoms with Gasteiger partial charge in [0.2, 0.25) is 5.91 Å². The Bertz CT molecular complexity index is 989. The van der Waals surface area contributed by atoms with Gasteiger partial charge < -0.3 is 14.8 Å². The Morgan fingerprint density at radius 2 is 1.84 bits per heavy atom. The van der Waals surface area contributed by atoms with Crippen molar-refractivity contribution in [1.82, 2.24) is 14.8 Å². The smallest absolute Gasteiger partial charge is 0.237 e. The maximum absolute atomic E-state index is 12.8. The third kappa shape index (κ3) is 3.03. The molecule has 5 aliphatic rings. The van der Waals surface area contributed by atoms with Crippen LogP contribution in [0.4, 0.5) is 0 Å².